The van der Waals surface area contributed by atoms with Crippen LogP contribution in [0.3, 0.4) is 0 Å². The number of morpholine rings is 1. The van der Waals surface area contributed by atoms with Crippen LogP contribution >= 0.6 is 11.8 Å². The summed E-state index contributed by atoms with van der Waals surface area (Å²) in [6.45, 7) is 7.85. The molecule has 1 aromatic carbocycles. The van der Waals surface area contributed by atoms with E-state index >= 15 is 0 Å². The van der Waals surface area contributed by atoms with Gasteiger partial charge in [-0.1, -0.05) is 37.2 Å². The lowest BCUT2D eigenvalue weighted by Crippen LogP contribution is -2.48. The summed E-state index contributed by atoms with van der Waals surface area (Å²) in [4.78, 5) is 27.6. The maximum atomic E-state index is 13.0. The van der Waals surface area contributed by atoms with E-state index < -0.39 is 0 Å². The first-order chi connectivity index (χ1) is 14.5. The lowest BCUT2D eigenvalue weighted by molar-refractivity contribution is -0.140. The molecule has 0 saturated carbocycles. The minimum atomic E-state index is -0.0529. The number of para-hydroxylation sites is 1. The fraction of sp³-hybridized carbons (Fsp3) is 0.524. The molecule has 30 heavy (non-hydrogen) atoms. The van der Waals surface area contributed by atoms with Gasteiger partial charge in [0.2, 0.25) is 11.7 Å². The molecular weight excluding hydrogens is 402 g/mol. The predicted molar refractivity (Wildman–Crippen MR) is 117 cm³/mol. The van der Waals surface area contributed by atoms with E-state index in [1.165, 1.54) is 11.8 Å². The Bertz CT molecular complexity index is 1110. The van der Waals surface area contributed by atoms with E-state index in [9.17, 15) is 9.59 Å². The normalized spacial score (nSPS) is 19.6. The number of unbranched alkanes of at least 4 members (excludes halogenated alkanes) is 1. The van der Waals surface area contributed by atoms with Gasteiger partial charge in [-0.3, -0.25) is 18.6 Å². The van der Waals surface area contributed by atoms with Gasteiger partial charge < -0.3 is 9.64 Å². The number of carbonyl (C=O) groups excluding carboxylic acids is 1. The van der Waals surface area contributed by atoms with Crippen molar-refractivity contribution in [1.29, 1.82) is 0 Å². The van der Waals surface area contributed by atoms with E-state index in [1.807, 2.05) is 47.4 Å². The summed E-state index contributed by atoms with van der Waals surface area (Å²) >= 11 is 1.36. The van der Waals surface area contributed by atoms with Crippen LogP contribution in [-0.4, -0.2) is 61.0 Å². The highest BCUT2D eigenvalue weighted by molar-refractivity contribution is 7.99. The zero-order valence-electron chi connectivity index (χ0n) is 17.6. The minimum Gasteiger partial charge on any atom is -0.372 e. The summed E-state index contributed by atoms with van der Waals surface area (Å²) in [5, 5.41) is 9.88. The van der Waals surface area contributed by atoms with Crippen molar-refractivity contribution in [2.45, 2.75) is 57.5 Å². The fourth-order valence-electron chi connectivity index (χ4n) is 3.94. The molecule has 3 heterocycles. The lowest BCUT2D eigenvalue weighted by Gasteiger charge is -2.35. The van der Waals surface area contributed by atoms with Crippen molar-refractivity contribution in [2.75, 3.05) is 18.8 Å². The number of rotatable bonds is 6. The van der Waals surface area contributed by atoms with Gasteiger partial charge in [0.05, 0.1) is 28.9 Å². The Morgan fingerprint density at radius 1 is 1.20 bits per heavy atom. The molecule has 1 aliphatic rings. The maximum Gasteiger partial charge on any atom is 0.262 e. The highest BCUT2D eigenvalue weighted by Crippen LogP contribution is 2.23. The number of ether oxygens (including phenoxy) is 1. The summed E-state index contributed by atoms with van der Waals surface area (Å²) in [6.07, 6.45) is 1.93. The van der Waals surface area contributed by atoms with Gasteiger partial charge in [0.15, 0.2) is 5.16 Å². The summed E-state index contributed by atoms with van der Waals surface area (Å²) < 4.78 is 9.31. The number of carbonyl (C=O) groups is 1. The van der Waals surface area contributed by atoms with Crippen LogP contribution in [0.25, 0.3) is 16.7 Å². The quantitative estimate of drug-likeness (QED) is 0.560. The molecule has 2 unspecified atom stereocenters. The van der Waals surface area contributed by atoms with E-state index in [2.05, 4.69) is 17.1 Å². The summed E-state index contributed by atoms with van der Waals surface area (Å²) in [5.74, 6) is 0.848. The van der Waals surface area contributed by atoms with Crippen LogP contribution in [0.1, 0.15) is 33.6 Å². The summed E-state index contributed by atoms with van der Waals surface area (Å²) in [5.41, 5.74) is 0.710. The van der Waals surface area contributed by atoms with Crippen molar-refractivity contribution in [1.82, 2.24) is 24.1 Å². The number of thioether (sulfide) groups is 1. The number of hydrogen-bond acceptors (Lipinski definition) is 6. The Kier molecular flexibility index (Phi) is 6.10. The van der Waals surface area contributed by atoms with Gasteiger partial charge in [-0.2, -0.15) is 0 Å². The molecule has 0 N–H and O–H groups in total. The summed E-state index contributed by atoms with van der Waals surface area (Å²) in [7, 11) is 0. The van der Waals surface area contributed by atoms with Crippen molar-refractivity contribution in [3.05, 3.63) is 34.6 Å². The Morgan fingerprint density at radius 2 is 1.93 bits per heavy atom. The number of nitrogens with zero attached hydrogens (tertiary/aromatic N) is 5. The molecule has 1 fully saturated rings. The molecule has 2 aromatic heterocycles. The molecule has 0 bridgehead atoms. The molecule has 4 rings (SSSR count). The van der Waals surface area contributed by atoms with Crippen LogP contribution in [-0.2, 0) is 16.1 Å². The van der Waals surface area contributed by atoms with Gasteiger partial charge in [-0.15, -0.1) is 10.2 Å². The second-order valence-electron chi connectivity index (χ2n) is 7.79. The first-order valence-electron chi connectivity index (χ1n) is 10.4. The molecule has 9 heteroatoms. The van der Waals surface area contributed by atoms with Crippen molar-refractivity contribution < 1.29 is 9.53 Å². The third kappa shape index (κ3) is 3.96. The number of fused-ring (bicyclic) bond motifs is 3. The second-order valence-corrected chi connectivity index (χ2v) is 8.73. The largest absolute Gasteiger partial charge is 0.372 e. The molecule has 0 radical (unpaired) electrons. The number of aryl methyl sites for hydroxylation is 1. The molecular formula is C21H27N5O3S. The van der Waals surface area contributed by atoms with Crippen LogP contribution in [0.2, 0.25) is 0 Å². The molecule has 0 spiro atoms. The highest BCUT2D eigenvalue weighted by Gasteiger charge is 2.26. The maximum absolute atomic E-state index is 13.0. The zero-order chi connectivity index (χ0) is 21.3. The Hall–Kier alpha value is -2.39. The van der Waals surface area contributed by atoms with Gasteiger partial charge >= 0.3 is 0 Å². The number of aromatic nitrogens is 4. The molecule has 1 saturated heterocycles. The van der Waals surface area contributed by atoms with Crippen molar-refractivity contribution >= 4 is 34.3 Å². The average Bonchev–Trinajstić information content (AvgIpc) is 3.15. The van der Waals surface area contributed by atoms with Crippen molar-refractivity contribution in [2.24, 2.45) is 0 Å². The molecule has 1 amide bonds. The third-order valence-corrected chi connectivity index (χ3v) is 6.22. The topological polar surface area (TPSA) is 81.7 Å². The molecule has 160 valence electrons. The van der Waals surface area contributed by atoms with Crippen LogP contribution < -0.4 is 5.56 Å². The van der Waals surface area contributed by atoms with Crippen LogP contribution in [0.4, 0.5) is 0 Å². The SMILES string of the molecule is CCCCn1c(=O)c2ccccc2n2c(SCC(=O)N3CC(C)OC(C)C3)nnc12. The molecule has 1 aliphatic heterocycles. The summed E-state index contributed by atoms with van der Waals surface area (Å²) in [6, 6.07) is 7.49. The van der Waals surface area contributed by atoms with Gasteiger partial charge in [0.1, 0.15) is 0 Å². The van der Waals surface area contributed by atoms with Crippen LogP contribution in [0.15, 0.2) is 34.2 Å². The zero-order valence-corrected chi connectivity index (χ0v) is 18.4. The van der Waals surface area contributed by atoms with Crippen molar-refractivity contribution in [3.63, 3.8) is 0 Å². The molecule has 3 aromatic rings. The van der Waals surface area contributed by atoms with E-state index in [1.54, 1.807) is 4.57 Å². The van der Waals surface area contributed by atoms with E-state index in [0.717, 1.165) is 18.4 Å². The van der Waals surface area contributed by atoms with Gasteiger partial charge in [0, 0.05) is 19.6 Å². The Balaban J connectivity index is 1.66. The first-order valence-corrected chi connectivity index (χ1v) is 11.4. The van der Waals surface area contributed by atoms with E-state index in [-0.39, 0.29) is 29.4 Å². The van der Waals surface area contributed by atoms with Gasteiger partial charge in [0.25, 0.3) is 5.56 Å². The first kappa shape index (κ1) is 20.9. The third-order valence-electron chi connectivity index (χ3n) is 5.31. The monoisotopic (exact) mass is 429 g/mol. The molecule has 8 nitrogen and oxygen atoms in total. The van der Waals surface area contributed by atoms with Crippen molar-refractivity contribution in [3.8, 4) is 0 Å². The lowest BCUT2D eigenvalue weighted by atomic mass is 10.2. The number of hydrogen-bond donors (Lipinski definition) is 0. The number of benzene rings is 1. The highest BCUT2D eigenvalue weighted by atomic mass is 32.2. The second kappa shape index (κ2) is 8.77. The standard InChI is InChI=1S/C21H27N5O3S/c1-4-5-10-25-19(28)16-8-6-7-9-17(16)26-20(25)22-23-21(26)30-13-18(27)24-11-14(2)29-15(3)12-24/h6-9,14-15H,4-5,10-13H2,1-3H3. The Morgan fingerprint density at radius 3 is 2.67 bits per heavy atom. The fourth-order valence-corrected chi connectivity index (χ4v) is 4.79. The number of amides is 1. The van der Waals surface area contributed by atoms with Gasteiger partial charge in [-0.25, -0.2) is 0 Å². The van der Waals surface area contributed by atoms with E-state index in [4.69, 9.17) is 4.74 Å². The van der Waals surface area contributed by atoms with Crippen LogP contribution in [0, 0.1) is 0 Å². The Labute approximate surface area is 179 Å². The predicted octanol–water partition coefficient (Wildman–Crippen LogP) is 2.57. The minimum absolute atomic E-state index is 0.0357. The molecule has 2 atom stereocenters. The van der Waals surface area contributed by atoms with Crippen LogP contribution in [0.5, 0.6) is 0 Å². The smallest absolute Gasteiger partial charge is 0.262 e. The van der Waals surface area contributed by atoms with Gasteiger partial charge in [-0.05, 0) is 32.4 Å². The average molecular weight is 430 g/mol. The molecule has 0 aliphatic carbocycles. The van der Waals surface area contributed by atoms with E-state index in [0.29, 0.717) is 36.0 Å².